The van der Waals surface area contributed by atoms with Gasteiger partial charge >= 0.3 is 5.97 Å². The molecule has 148 valence electrons. The van der Waals surface area contributed by atoms with E-state index in [0.717, 1.165) is 38.1 Å². The Kier molecular flexibility index (Phi) is 4.46. The topological polar surface area (TPSA) is 88.2 Å². The van der Waals surface area contributed by atoms with Gasteiger partial charge in [-0.05, 0) is 50.5 Å². The summed E-state index contributed by atoms with van der Waals surface area (Å²) in [4.78, 5) is 15.9. The zero-order valence-electron chi connectivity index (χ0n) is 16.0. The molecule has 0 amide bonds. The number of benzene rings is 1. The summed E-state index contributed by atoms with van der Waals surface area (Å²) in [5.41, 5.74) is 1.45. The first kappa shape index (κ1) is 17.9. The molecular formula is C22H27N3O3. The Morgan fingerprint density at radius 3 is 2.61 bits per heavy atom. The lowest BCUT2D eigenvalue weighted by atomic mass is 9.82. The molecule has 3 aliphatic carbocycles. The maximum Gasteiger partial charge on any atom is 0.306 e. The number of carboxylic acids is 1. The van der Waals surface area contributed by atoms with Crippen LogP contribution in [0, 0.1) is 5.92 Å². The zero-order chi connectivity index (χ0) is 19.1. The van der Waals surface area contributed by atoms with Crippen LogP contribution in [0.5, 0.6) is 0 Å². The maximum atomic E-state index is 11.1. The highest BCUT2D eigenvalue weighted by Gasteiger charge is 2.50. The molecule has 6 heteroatoms. The van der Waals surface area contributed by atoms with Gasteiger partial charge in [0.25, 0.3) is 0 Å². The molecule has 6 nitrogen and oxygen atoms in total. The highest BCUT2D eigenvalue weighted by Crippen LogP contribution is 2.48. The van der Waals surface area contributed by atoms with Crippen LogP contribution in [0.3, 0.4) is 0 Å². The summed E-state index contributed by atoms with van der Waals surface area (Å²) in [5, 5.41) is 17.2. The van der Waals surface area contributed by atoms with Crippen LogP contribution in [0.15, 0.2) is 34.9 Å². The predicted octanol–water partition coefficient (Wildman–Crippen LogP) is 3.61. The van der Waals surface area contributed by atoms with Gasteiger partial charge in [-0.15, -0.1) is 0 Å². The van der Waals surface area contributed by atoms with E-state index in [-0.39, 0.29) is 17.3 Å². The van der Waals surface area contributed by atoms with Crippen molar-refractivity contribution in [3.63, 3.8) is 0 Å². The standard InChI is InChI=1S/C22H27N3O3/c26-20(27)16-8-6-15(7-9-16)19-24-21(25-28-19)22(10-11-22)13-23-18-12-17(18)14-4-2-1-3-5-14/h1-5,15-18,23H,6-13H2,(H,26,27)/t15-,16-,17?,18?. The van der Waals surface area contributed by atoms with Crippen LogP contribution in [0.1, 0.15) is 74.1 Å². The van der Waals surface area contributed by atoms with Crippen molar-refractivity contribution in [3.05, 3.63) is 47.6 Å². The van der Waals surface area contributed by atoms with Crippen molar-refractivity contribution in [1.29, 1.82) is 0 Å². The fraction of sp³-hybridized carbons (Fsp3) is 0.591. The second kappa shape index (κ2) is 6.99. The summed E-state index contributed by atoms with van der Waals surface area (Å²) in [5.74, 6) is 1.50. The fourth-order valence-corrected chi connectivity index (χ4v) is 4.65. The Balaban J connectivity index is 1.17. The first-order chi connectivity index (χ1) is 13.6. The van der Waals surface area contributed by atoms with Gasteiger partial charge in [-0.3, -0.25) is 4.79 Å². The van der Waals surface area contributed by atoms with E-state index >= 15 is 0 Å². The van der Waals surface area contributed by atoms with Crippen molar-refractivity contribution in [2.45, 2.75) is 68.2 Å². The largest absolute Gasteiger partial charge is 0.481 e. The molecule has 28 heavy (non-hydrogen) atoms. The lowest BCUT2D eigenvalue weighted by Crippen LogP contribution is -2.30. The zero-order valence-corrected chi connectivity index (χ0v) is 16.0. The van der Waals surface area contributed by atoms with Gasteiger partial charge in [0.1, 0.15) is 0 Å². The van der Waals surface area contributed by atoms with Gasteiger partial charge in [0.05, 0.1) is 5.92 Å². The van der Waals surface area contributed by atoms with Crippen LogP contribution in [0.25, 0.3) is 0 Å². The quantitative estimate of drug-likeness (QED) is 0.762. The highest BCUT2D eigenvalue weighted by molar-refractivity contribution is 5.70. The van der Waals surface area contributed by atoms with Crippen molar-refractivity contribution >= 4 is 5.97 Å². The number of carboxylic acid groups (broad SMARTS) is 1. The van der Waals surface area contributed by atoms with Crippen molar-refractivity contribution in [2.24, 2.45) is 5.92 Å². The molecule has 1 aromatic heterocycles. The maximum absolute atomic E-state index is 11.1. The smallest absolute Gasteiger partial charge is 0.306 e. The van der Waals surface area contributed by atoms with E-state index in [9.17, 15) is 4.79 Å². The Hall–Kier alpha value is -2.21. The van der Waals surface area contributed by atoms with Gasteiger partial charge in [0.2, 0.25) is 5.89 Å². The third kappa shape index (κ3) is 3.46. The van der Waals surface area contributed by atoms with Gasteiger partial charge in [-0.1, -0.05) is 35.5 Å². The normalized spacial score (nSPS) is 30.7. The van der Waals surface area contributed by atoms with Gasteiger partial charge in [-0.2, -0.15) is 4.98 Å². The van der Waals surface area contributed by atoms with Gasteiger partial charge < -0.3 is 14.9 Å². The molecule has 2 aromatic rings. The van der Waals surface area contributed by atoms with Crippen molar-refractivity contribution in [2.75, 3.05) is 6.54 Å². The van der Waals surface area contributed by atoms with E-state index in [4.69, 9.17) is 14.6 Å². The van der Waals surface area contributed by atoms with Crippen molar-refractivity contribution < 1.29 is 14.4 Å². The second-order valence-electron chi connectivity index (χ2n) is 8.86. The van der Waals surface area contributed by atoms with Gasteiger partial charge in [0, 0.05) is 29.8 Å². The number of aliphatic carboxylic acids is 1. The van der Waals surface area contributed by atoms with Gasteiger partial charge in [-0.25, -0.2) is 0 Å². The van der Waals surface area contributed by atoms with Crippen molar-refractivity contribution in [1.82, 2.24) is 15.5 Å². The highest BCUT2D eigenvalue weighted by atomic mass is 16.5. The van der Waals surface area contributed by atoms with E-state index in [1.165, 1.54) is 12.0 Å². The minimum Gasteiger partial charge on any atom is -0.481 e. The Morgan fingerprint density at radius 1 is 1.18 bits per heavy atom. The summed E-state index contributed by atoms with van der Waals surface area (Å²) in [6.45, 7) is 0.908. The number of aromatic nitrogens is 2. The first-order valence-electron chi connectivity index (χ1n) is 10.5. The number of nitrogens with one attached hydrogen (secondary N) is 1. The number of hydrogen-bond acceptors (Lipinski definition) is 5. The van der Waals surface area contributed by atoms with Crippen LogP contribution in [-0.4, -0.2) is 33.8 Å². The van der Waals surface area contributed by atoms with E-state index < -0.39 is 5.97 Å². The Morgan fingerprint density at radius 2 is 1.93 bits per heavy atom. The number of rotatable bonds is 7. The molecule has 0 aliphatic heterocycles. The number of nitrogens with zero attached hydrogens (tertiary/aromatic N) is 2. The van der Waals surface area contributed by atoms with Gasteiger partial charge in [0.15, 0.2) is 5.82 Å². The molecule has 3 fully saturated rings. The molecule has 2 atom stereocenters. The molecule has 2 unspecified atom stereocenters. The van der Waals surface area contributed by atoms with E-state index in [0.29, 0.717) is 30.7 Å². The SMILES string of the molecule is O=C(O)[C@H]1CC[C@H](c2nc(C3(CNC4CC4c4ccccc4)CC3)no2)CC1. The average Bonchev–Trinajstić information content (AvgIpc) is 3.64. The van der Waals surface area contributed by atoms with Crippen LogP contribution < -0.4 is 5.32 Å². The summed E-state index contributed by atoms with van der Waals surface area (Å²) in [6, 6.07) is 11.3. The van der Waals surface area contributed by atoms with Crippen LogP contribution >= 0.6 is 0 Å². The second-order valence-corrected chi connectivity index (χ2v) is 8.86. The van der Waals surface area contributed by atoms with Crippen LogP contribution in [0.2, 0.25) is 0 Å². The summed E-state index contributed by atoms with van der Waals surface area (Å²) >= 11 is 0. The molecule has 0 spiro atoms. The first-order valence-corrected chi connectivity index (χ1v) is 10.5. The monoisotopic (exact) mass is 381 g/mol. The molecule has 0 bridgehead atoms. The molecule has 0 radical (unpaired) electrons. The number of carbonyl (C=O) groups is 1. The molecule has 1 aromatic carbocycles. The summed E-state index contributed by atoms with van der Waals surface area (Å²) < 4.78 is 5.60. The molecule has 5 rings (SSSR count). The molecular weight excluding hydrogens is 354 g/mol. The minimum atomic E-state index is -0.679. The molecule has 3 saturated carbocycles. The summed E-state index contributed by atoms with van der Waals surface area (Å²) in [7, 11) is 0. The lowest BCUT2D eigenvalue weighted by molar-refractivity contribution is -0.142. The van der Waals surface area contributed by atoms with Crippen LogP contribution in [0.4, 0.5) is 0 Å². The molecule has 1 heterocycles. The Labute approximate surface area is 164 Å². The van der Waals surface area contributed by atoms with E-state index in [1.807, 2.05) is 0 Å². The lowest BCUT2D eigenvalue weighted by Gasteiger charge is -2.23. The summed E-state index contributed by atoms with van der Waals surface area (Å²) in [6.07, 6.45) is 6.46. The van der Waals surface area contributed by atoms with Crippen LogP contribution in [-0.2, 0) is 10.2 Å². The number of hydrogen-bond donors (Lipinski definition) is 2. The van der Waals surface area contributed by atoms with E-state index in [2.05, 4.69) is 40.8 Å². The predicted molar refractivity (Wildman–Crippen MR) is 103 cm³/mol. The fourth-order valence-electron chi connectivity index (χ4n) is 4.65. The molecule has 3 aliphatic rings. The molecule has 2 N–H and O–H groups in total. The van der Waals surface area contributed by atoms with E-state index in [1.54, 1.807) is 0 Å². The Bertz CT molecular complexity index is 838. The third-order valence-electron chi connectivity index (χ3n) is 6.92. The third-order valence-corrected chi connectivity index (χ3v) is 6.92. The minimum absolute atomic E-state index is 0.0316. The van der Waals surface area contributed by atoms with Crippen molar-refractivity contribution in [3.8, 4) is 0 Å². The molecule has 0 saturated heterocycles. The average molecular weight is 381 g/mol.